The predicted molar refractivity (Wildman–Crippen MR) is 66.5 cm³/mol. The van der Waals surface area contributed by atoms with Crippen LogP contribution in [0.1, 0.15) is 59.3 Å². The smallest absolute Gasteiger partial charge is 0.0179 e. The molecule has 1 saturated heterocycles. The number of hydrogen-bond acceptors (Lipinski definition) is 0. The van der Waals surface area contributed by atoms with Crippen LogP contribution in [0.2, 0.25) is 0 Å². The Hall–Kier alpha value is 0.430. The first-order chi connectivity index (χ1) is 6.70. The van der Waals surface area contributed by atoms with E-state index in [9.17, 15) is 0 Å². The van der Waals surface area contributed by atoms with E-state index < -0.39 is 0 Å². The first-order valence-electron chi connectivity index (χ1n) is 6.47. The molecule has 0 N–H and O–H groups in total. The van der Waals surface area contributed by atoms with Crippen molar-refractivity contribution in [2.24, 2.45) is 5.92 Å². The highest BCUT2D eigenvalue weighted by Gasteiger charge is 2.37. The van der Waals surface area contributed by atoms with Gasteiger partial charge in [0.1, 0.15) is 0 Å². The third-order valence-electron chi connectivity index (χ3n) is 4.46. The molecule has 2 rings (SSSR count). The molecule has 0 radical (unpaired) electrons. The van der Waals surface area contributed by atoms with Crippen molar-refractivity contribution in [2.45, 2.75) is 76.3 Å². The second-order valence-electron chi connectivity index (χ2n) is 5.55. The van der Waals surface area contributed by atoms with Crippen molar-refractivity contribution in [1.29, 1.82) is 0 Å². The molecule has 2 fully saturated rings. The Morgan fingerprint density at radius 2 is 1.36 bits per heavy atom. The molecule has 0 aromatic heterocycles. The molecule has 1 heterocycles. The van der Waals surface area contributed by atoms with E-state index in [-0.39, 0.29) is 0 Å². The highest BCUT2D eigenvalue weighted by molar-refractivity contribution is 7.60. The molecular weight excluding hydrogens is 187 g/mol. The van der Waals surface area contributed by atoms with Gasteiger partial charge in [0.2, 0.25) is 0 Å². The zero-order valence-corrected chi connectivity index (χ0v) is 10.9. The van der Waals surface area contributed by atoms with Gasteiger partial charge in [-0.05, 0) is 42.2 Å². The van der Waals surface area contributed by atoms with Gasteiger partial charge in [-0.1, -0.05) is 48.0 Å². The van der Waals surface area contributed by atoms with Crippen LogP contribution in [0, 0.1) is 5.92 Å². The Labute approximate surface area is 90.6 Å². The van der Waals surface area contributed by atoms with Crippen LogP contribution >= 0.6 is 7.92 Å². The molecule has 0 nitrogen and oxygen atoms in total. The van der Waals surface area contributed by atoms with Crippen LogP contribution in [0.4, 0.5) is 0 Å². The zero-order chi connectivity index (χ0) is 10.1. The van der Waals surface area contributed by atoms with E-state index in [4.69, 9.17) is 0 Å². The van der Waals surface area contributed by atoms with E-state index in [1.165, 1.54) is 32.1 Å². The summed E-state index contributed by atoms with van der Waals surface area (Å²) in [5, 5.41) is 0. The average molecular weight is 212 g/mol. The normalized spacial score (nSPS) is 45.6. The molecule has 0 aromatic carbocycles. The molecule has 82 valence electrons. The fourth-order valence-corrected chi connectivity index (χ4v) is 8.02. The van der Waals surface area contributed by atoms with Crippen molar-refractivity contribution < 1.29 is 0 Å². The van der Waals surface area contributed by atoms with E-state index in [1.807, 2.05) is 0 Å². The summed E-state index contributed by atoms with van der Waals surface area (Å²) in [6.07, 6.45) is 9.15. The molecule has 2 aliphatic rings. The molecule has 0 spiro atoms. The molecule has 4 atom stereocenters. The van der Waals surface area contributed by atoms with Crippen LogP contribution in [0.15, 0.2) is 0 Å². The number of rotatable bonds is 1. The number of hydrogen-bond donors (Lipinski definition) is 0. The predicted octanol–water partition coefficient (Wildman–Crippen LogP) is 4.62. The monoisotopic (exact) mass is 212 g/mol. The quantitative estimate of drug-likeness (QED) is 0.556. The molecule has 0 aromatic rings. The minimum Gasteiger partial charge on any atom is -0.0974 e. The van der Waals surface area contributed by atoms with Crippen molar-refractivity contribution in [3.05, 3.63) is 0 Å². The first-order valence-corrected chi connectivity index (χ1v) is 8.02. The largest absolute Gasteiger partial charge is 0.0974 e. The Balaban J connectivity index is 2.05. The summed E-state index contributed by atoms with van der Waals surface area (Å²) in [6.45, 7) is 7.58. The van der Waals surface area contributed by atoms with Gasteiger partial charge >= 0.3 is 0 Å². The van der Waals surface area contributed by atoms with Crippen molar-refractivity contribution in [1.82, 2.24) is 0 Å². The third kappa shape index (κ3) is 2.01. The molecule has 0 unspecified atom stereocenters. The fraction of sp³-hybridized carbons (Fsp3) is 1.00. The molecule has 1 aliphatic heterocycles. The second kappa shape index (κ2) is 4.52. The Kier molecular flexibility index (Phi) is 3.53. The second-order valence-corrected chi connectivity index (χ2v) is 8.87. The minimum absolute atomic E-state index is 0.365. The van der Waals surface area contributed by atoms with Gasteiger partial charge in [-0.25, -0.2) is 0 Å². The first kappa shape index (κ1) is 10.9. The summed E-state index contributed by atoms with van der Waals surface area (Å²) in [5.41, 5.74) is 3.27. The summed E-state index contributed by atoms with van der Waals surface area (Å²) in [7, 11) is 0.365. The van der Waals surface area contributed by atoms with Crippen molar-refractivity contribution >= 4 is 7.92 Å². The highest BCUT2D eigenvalue weighted by Crippen LogP contribution is 2.61. The topological polar surface area (TPSA) is 0 Å². The van der Waals surface area contributed by atoms with Crippen molar-refractivity contribution in [2.75, 3.05) is 0 Å². The van der Waals surface area contributed by atoms with Gasteiger partial charge in [0.25, 0.3) is 0 Å². The molecule has 14 heavy (non-hydrogen) atoms. The molecule has 0 amide bonds. The Bertz CT molecular complexity index is 180. The maximum absolute atomic E-state index is 2.53. The molecule has 0 bridgehead atoms. The van der Waals surface area contributed by atoms with E-state index in [1.54, 1.807) is 6.42 Å². The van der Waals surface area contributed by atoms with Crippen molar-refractivity contribution in [3.63, 3.8) is 0 Å². The van der Waals surface area contributed by atoms with Crippen LogP contribution in [0.25, 0.3) is 0 Å². The van der Waals surface area contributed by atoms with Gasteiger partial charge in [-0.15, -0.1) is 0 Å². The maximum atomic E-state index is 2.53. The van der Waals surface area contributed by atoms with Crippen LogP contribution in [-0.2, 0) is 0 Å². The fourth-order valence-electron chi connectivity index (χ4n) is 3.66. The van der Waals surface area contributed by atoms with Gasteiger partial charge in [0, 0.05) is 0 Å². The van der Waals surface area contributed by atoms with Crippen LogP contribution in [0.3, 0.4) is 0 Å². The SMILES string of the molecule is C[C@@H]1CCC[C@H]1P1[C@@H](C)CCC[C@@H]1C. The van der Waals surface area contributed by atoms with E-state index in [2.05, 4.69) is 20.8 Å². The summed E-state index contributed by atoms with van der Waals surface area (Å²) < 4.78 is 0. The summed E-state index contributed by atoms with van der Waals surface area (Å²) >= 11 is 0. The van der Waals surface area contributed by atoms with Gasteiger partial charge in [-0.2, -0.15) is 0 Å². The van der Waals surface area contributed by atoms with Gasteiger partial charge in [-0.3, -0.25) is 0 Å². The van der Waals surface area contributed by atoms with Gasteiger partial charge in [0.15, 0.2) is 0 Å². The van der Waals surface area contributed by atoms with Gasteiger partial charge in [0.05, 0.1) is 0 Å². The molecule has 1 heteroatoms. The lowest BCUT2D eigenvalue weighted by Gasteiger charge is -2.41. The molecule has 1 saturated carbocycles. The van der Waals surface area contributed by atoms with Crippen LogP contribution in [0.5, 0.6) is 0 Å². The van der Waals surface area contributed by atoms with Gasteiger partial charge < -0.3 is 0 Å². The van der Waals surface area contributed by atoms with Crippen LogP contribution < -0.4 is 0 Å². The summed E-state index contributed by atoms with van der Waals surface area (Å²) in [4.78, 5) is 0. The minimum atomic E-state index is 0.365. The van der Waals surface area contributed by atoms with E-state index >= 15 is 0 Å². The standard InChI is InChI=1S/C13H25P/c1-10-6-4-9-13(10)14-11(2)7-5-8-12(14)3/h10-13H,4-9H2,1-3H3/t10-,11+,12+,13-/m1/s1. The Morgan fingerprint density at radius 3 is 1.86 bits per heavy atom. The van der Waals surface area contributed by atoms with Crippen molar-refractivity contribution in [3.8, 4) is 0 Å². The summed E-state index contributed by atoms with van der Waals surface area (Å²) in [6, 6.07) is 0. The van der Waals surface area contributed by atoms with E-state index in [0.717, 1.165) is 22.9 Å². The maximum Gasteiger partial charge on any atom is -0.0179 e. The zero-order valence-electron chi connectivity index (χ0n) is 10.00. The Morgan fingerprint density at radius 1 is 0.786 bits per heavy atom. The molecular formula is C13H25P. The van der Waals surface area contributed by atoms with E-state index in [0.29, 0.717) is 7.92 Å². The average Bonchev–Trinajstić information content (AvgIpc) is 2.52. The molecule has 1 aliphatic carbocycles. The lowest BCUT2D eigenvalue weighted by Crippen LogP contribution is -2.25. The summed E-state index contributed by atoms with van der Waals surface area (Å²) in [5.74, 6) is 1.05. The third-order valence-corrected chi connectivity index (χ3v) is 8.55. The highest BCUT2D eigenvalue weighted by atomic mass is 31.1. The lowest BCUT2D eigenvalue weighted by molar-refractivity contribution is 0.575. The van der Waals surface area contributed by atoms with Crippen LogP contribution in [-0.4, -0.2) is 17.0 Å². The lowest BCUT2D eigenvalue weighted by atomic mass is 10.1.